The van der Waals surface area contributed by atoms with Crippen molar-refractivity contribution in [1.29, 1.82) is 0 Å². The molecule has 2 aliphatic heterocycles. The Labute approximate surface area is 194 Å². The van der Waals surface area contributed by atoms with Crippen LogP contribution in [0, 0.1) is 13.8 Å². The zero-order valence-corrected chi connectivity index (χ0v) is 19.5. The van der Waals surface area contributed by atoms with Gasteiger partial charge < -0.3 is 9.64 Å². The van der Waals surface area contributed by atoms with Gasteiger partial charge in [-0.05, 0) is 26.7 Å². The molecule has 5 heterocycles. The highest BCUT2D eigenvalue weighted by atomic mass is 32.1. The molecular formula is C21H26N8O3S. The van der Waals surface area contributed by atoms with E-state index < -0.39 is 0 Å². The first-order chi connectivity index (χ1) is 16.0. The monoisotopic (exact) mass is 470 g/mol. The molecule has 0 spiro atoms. The first-order valence-corrected chi connectivity index (χ1v) is 12.0. The lowest BCUT2D eigenvalue weighted by Gasteiger charge is -2.31. The quantitative estimate of drug-likeness (QED) is 0.604. The number of hydrogen-bond donors (Lipinski definition) is 1. The standard InChI is InChI=1S/C21H26N8O3S/c1-13-11-17-23-24-18(14(2)29(17)25-13)21(31)27-5-3-15(4-6-27)20-22-16(12-33-20)19(30)26-28-7-9-32-10-8-28/h11-12,15H,3-10H2,1-2H3,(H,26,30). The number of nitrogens with zero attached hydrogens (tertiary/aromatic N) is 7. The molecule has 0 saturated carbocycles. The van der Waals surface area contributed by atoms with Gasteiger partial charge in [-0.2, -0.15) is 5.10 Å². The van der Waals surface area contributed by atoms with Crippen molar-refractivity contribution in [2.75, 3.05) is 39.4 Å². The number of nitrogens with one attached hydrogen (secondary N) is 1. The molecule has 2 fully saturated rings. The normalized spacial score (nSPS) is 18.1. The summed E-state index contributed by atoms with van der Waals surface area (Å²) in [6, 6.07) is 1.84. The van der Waals surface area contributed by atoms with Crippen molar-refractivity contribution in [3.05, 3.63) is 39.2 Å². The Morgan fingerprint density at radius 2 is 1.88 bits per heavy atom. The minimum atomic E-state index is -0.190. The van der Waals surface area contributed by atoms with Crippen LogP contribution in [0.2, 0.25) is 0 Å². The van der Waals surface area contributed by atoms with Crippen molar-refractivity contribution in [1.82, 2.24) is 40.1 Å². The van der Waals surface area contributed by atoms with E-state index >= 15 is 0 Å². The van der Waals surface area contributed by atoms with Gasteiger partial charge in [0, 0.05) is 43.5 Å². The average Bonchev–Trinajstić information content (AvgIpc) is 3.47. The summed E-state index contributed by atoms with van der Waals surface area (Å²) in [4.78, 5) is 32.0. The Morgan fingerprint density at radius 1 is 1.12 bits per heavy atom. The van der Waals surface area contributed by atoms with E-state index in [0.29, 0.717) is 62.1 Å². The smallest absolute Gasteiger partial charge is 0.285 e. The van der Waals surface area contributed by atoms with E-state index in [-0.39, 0.29) is 17.7 Å². The van der Waals surface area contributed by atoms with Crippen LogP contribution in [-0.2, 0) is 4.74 Å². The summed E-state index contributed by atoms with van der Waals surface area (Å²) in [5.41, 5.74) is 5.83. The Morgan fingerprint density at radius 3 is 2.64 bits per heavy atom. The van der Waals surface area contributed by atoms with Crippen molar-refractivity contribution >= 4 is 28.8 Å². The van der Waals surface area contributed by atoms with E-state index in [0.717, 1.165) is 23.5 Å². The summed E-state index contributed by atoms with van der Waals surface area (Å²) < 4.78 is 6.97. The van der Waals surface area contributed by atoms with Crippen LogP contribution in [0.15, 0.2) is 11.4 Å². The molecule has 33 heavy (non-hydrogen) atoms. The molecule has 2 amide bonds. The van der Waals surface area contributed by atoms with Crippen LogP contribution in [0.5, 0.6) is 0 Å². The van der Waals surface area contributed by atoms with E-state index in [4.69, 9.17) is 4.74 Å². The molecule has 5 rings (SSSR count). The van der Waals surface area contributed by atoms with Gasteiger partial charge in [0.2, 0.25) is 0 Å². The lowest BCUT2D eigenvalue weighted by molar-refractivity contribution is 0.0125. The number of likely N-dealkylation sites (tertiary alicyclic amines) is 1. The number of carbonyl (C=O) groups excluding carboxylic acids is 2. The molecule has 3 aromatic heterocycles. The minimum Gasteiger partial charge on any atom is -0.379 e. The fourth-order valence-corrected chi connectivity index (χ4v) is 5.18. The number of rotatable bonds is 4. The summed E-state index contributed by atoms with van der Waals surface area (Å²) in [7, 11) is 0. The fraction of sp³-hybridized carbons (Fsp3) is 0.524. The van der Waals surface area contributed by atoms with Crippen molar-refractivity contribution < 1.29 is 14.3 Å². The fourth-order valence-electron chi connectivity index (χ4n) is 4.21. The van der Waals surface area contributed by atoms with Crippen molar-refractivity contribution in [2.45, 2.75) is 32.6 Å². The maximum atomic E-state index is 13.1. The van der Waals surface area contributed by atoms with E-state index in [9.17, 15) is 9.59 Å². The van der Waals surface area contributed by atoms with Crippen LogP contribution >= 0.6 is 11.3 Å². The van der Waals surface area contributed by atoms with Gasteiger partial charge in [-0.15, -0.1) is 21.5 Å². The van der Waals surface area contributed by atoms with Gasteiger partial charge in [-0.25, -0.2) is 14.5 Å². The van der Waals surface area contributed by atoms with Crippen LogP contribution < -0.4 is 5.43 Å². The van der Waals surface area contributed by atoms with Gasteiger partial charge in [0.15, 0.2) is 11.3 Å². The molecular weight excluding hydrogens is 444 g/mol. The van der Waals surface area contributed by atoms with Crippen LogP contribution in [0.1, 0.15) is 56.1 Å². The maximum Gasteiger partial charge on any atom is 0.285 e. The second kappa shape index (κ2) is 9.12. The Kier molecular flexibility index (Phi) is 6.04. The van der Waals surface area contributed by atoms with Crippen LogP contribution in [0.3, 0.4) is 0 Å². The van der Waals surface area contributed by atoms with E-state index in [1.54, 1.807) is 4.52 Å². The van der Waals surface area contributed by atoms with Gasteiger partial charge in [0.1, 0.15) is 5.69 Å². The summed E-state index contributed by atoms with van der Waals surface area (Å²) >= 11 is 1.51. The van der Waals surface area contributed by atoms with E-state index in [2.05, 4.69) is 25.7 Å². The van der Waals surface area contributed by atoms with Crippen LogP contribution in [0.25, 0.3) is 5.65 Å². The second-order valence-electron chi connectivity index (χ2n) is 8.37. The minimum absolute atomic E-state index is 0.127. The molecule has 3 aromatic rings. The first kappa shape index (κ1) is 21.9. The summed E-state index contributed by atoms with van der Waals surface area (Å²) in [5, 5.41) is 17.3. The number of carbonyl (C=O) groups is 2. The second-order valence-corrected chi connectivity index (χ2v) is 9.26. The third kappa shape index (κ3) is 4.45. The number of morpholine rings is 1. The number of aromatic nitrogens is 5. The maximum absolute atomic E-state index is 13.1. The summed E-state index contributed by atoms with van der Waals surface area (Å²) in [6.07, 6.45) is 1.58. The molecule has 0 bridgehead atoms. The lowest BCUT2D eigenvalue weighted by atomic mass is 9.97. The molecule has 0 radical (unpaired) electrons. The molecule has 12 heteroatoms. The number of hydrogen-bond acceptors (Lipinski definition) is 9. The lowest BCUT2D eigenvalue weighted by Crippen LogP contribution is -2.48. The summed E-state index contributed by atoms with van der Waals surface area (Å²) in [5.74, 6) is -0.0871. The van der Waals surface area contributed by atoms with Gasteiger partial charge >= 0.3 is 0 Å². The van der Waals surface area contributed by atoms with Gasteiger partial charge in [-0.1, -0.05) is 0 Å². The van der Waals surface area contributed by atoms with Crippen LogP contribution in [-0.4, -0.2) is 85.9 Å². The first-order valence-electron chi connectivity index (χ1n) is 11.1. The van der Waals surface area contributed by atoms with E-state index in [1.165, 1.54) is 11.3 Å². The number of aryl methyl sites for hydroxylation is 2. The van der Waals surface area contributed by atoms with Gasteiger partial charge in [-0.3, -0.25) is 15.0 Å². The Balaban J connectivity index is 1.20. The molecule has 0 atom stereocenters. The highest BCUT2D eigenvalue weighted by Gasteiger charge is 2.29. The Bertz CT molecular complexity index is 1180. The largest absolute Gasteiger partial charge is 0.379 e. The van der Waals surface area contributed by atoms with Crippen LogP contribution in [0.4, 0.5) is 0 Å². The number of fused-ring (bicyclic) bond motifs is 1. The van der Waals surface area contributed by atoms with Crippen molar-refractivity contribution in [3.8, 4) is 0 Å². The predicted octanol–water partition coefficient (Wildman–Crippen LogP) is 1.19. The Hall–Kier alpha value is -2.96. The molecule has 2 aliphatic rings. The zero-order chi connectivity index (χ0) is 22.9. The number of thiazole rings is 1. The van der Waals surface area contributed by atoms with Crippen molar-refractivity contribution in [3.63, 3.8) is 0 Å². The number of hydrazine groups is 1. The zero-order valence-electron chi connectivity index (χ0n) is 18.7. The highest BCUT2D eigenvalue weighted by Crippen LogP contribution is 2.31. The molecule has 0 aromatic carbocycles. The molecule has 0 unspecified atom stereocenters. The van der Waals surface area contributed by atoms with E-state index in [1.807, 2.05) is 35.2 Å². The highest BCUT2D eigenvalue weighted by molar-refractivity contribution is 7.09. The topological polar surface area (TPSA) is 118 Å². The third-order valence-corrected chi connectivity index (χ3v) is 7.09. The third-order valence-electron chi connectivity index (χ3n) is 6.08. The molecule has 174 valence electrons. The van der Waals surface area contributed by atoms with Gasteiger partial charge in [0.05, 0.1) is 29.6 Å². The molecule has 11 nitrogen and oxygen atoms in total. The average molecular weight is 471 g/mol. The number of amides is 2. The molecule has 1 N–H and O–H groups in total. The molecule has 0 aliphatic carbocycles. The summed E-state index contributed by atoms with van der Waals surface area (Å²) in [6.45, 7) is 7.51. The van der Waals surface area contributed by atoms with Gasteiger partial charge in [0.25, 0.3) is 11.8 Å². The SMILES string of the molecule is Cc1cc2nnc(C(=O)N3CCC(c4nc(C(=O)NN5CCOCC5)cs4)CC3)c(C)n2n1. The number of ether oxygens (including phenoxy) is 1. The van der Waals surface area contributed by atoms with Crippen molar-refractivity contribution in [2.24, 2.45) is 0 Å². The molecule has 2 saturated heterocycles. The number of piperidine rings is 1. The predicted molar refractivity (Wildman–Crippen MR) is 120 cm³/mol.